The summed E-state index contributed by atoms with van der Waals surface area (Å²) in [6, 6.07) is 7.57. The van der Waals surface area contributed by atoms with Gasteiger partial charge >= 0.3 is 0 Å². The van der Waals surface area contributed by atoms with E-state index in [4.69, 9.17) is 0 Å². The predicted octanol–water partition coefficient (Wildman–Crippen LogP) is 3.16. The molecule has 0 amide bonds. The lowest BCUT2D eigenvalue weighted by atomic mass is 9.75. The number of rotatable bonds is 1. The van der Waals surface area contributed by atoms with E-state index in [9.17, 15) is 39.9 Å². The molecule has 2 aromatic heterocycles. The molecule has 0 radical (unpaired) electrons. The molecule has 0 spiro atoms. The Balaban J connectivity index is 1.54. The van der Waals surface area contributed by atoms with E-state index in [1.165, 1.54) is 19.3 Å². The van der Waals surface area contributed by atoms with Gasteiger partial charge in [0.05, 0.1) is 28.3 Å². The maximum absolute atomic E-state index is 13.6. The van der Waals surface area contributed by atoms with E-state index in [-0.39, 0.29) is 57.4 Å². The number of aromatic nitrogens is 3. The molecule has 0 saturated carbocycles. The molecular formula is C30H19N3O8. The molecule has 11 heteroatoms. The highest BCUT2D eigenvalue weighted by molar-refractivity contribution is 6.32. The summed E-state index contributed by atoms with van der Waals surface area (Å²) in [6.45, 7) is 1.36. The topological polar surface area (TPSA) is 183 Å². The lowest BCUT2D eigenvalue weighted by Gasteiger charge is -2.28. The second-order valence-corrected chi connectivity index (χ2v) is 10.0. The Labute approximate surface area is 229 Å². The van der Waals surface area contributed by atoms with E-state index in [2.05, 4.69) is 10.1 Å². The number of aryl methyl sites for hydroxylation is 1. The van der Waals surface area contributed by atoms with Crippen LogP contribution in [-0.2, 0) is 12.8 Å². The molecular weight excluding hydrogens is 530 g/mol. The zero-order chi connectivity index (χ0) is 28.9. The molecule has 2 aliphatic carbocycles. The average molecular weight is 549 g/mol. The summed E-state index contributed by atoms with van der Waals surface area (Å²) in [5.41, 5.74) is -1.89. The van der Waals surface area contributed by atoms with Crippen LogP contribution in [0.1, 0.15) is 48.5 Å². The van der Waals surface area contributed by atoms with E-state index in [0.717, 1.165) is 10.7 Å². The largest absolute Gasteiger partial charge is 0.508 e. The Morgan fingerprint density at radius 1 is 0.780 bits per heavy atom. The normalized spacial score (nSPS) is 13.5. The van der Waals surface area contributed by atoms with E-state index in [1.54, 1.807) is 24.3 Å². The Morgan fingerprint density at radius 2 is 1.54 bits per heavy atom. The van der Waals surface area contributed by atoms with Gasteiger partial charge in [-0.25, -0.2) is 4.98 Å². The standard InChI is InChI=1S/C30H19N3O8/c1-11-16(34)9-15-21(24(11)35)29(40)22-23(26(15)37)28(39)20-14(25(22)36)6-5-12-8-13-10-32-33(17-4-2-3-7-31-17)30(41)19(13)27(38)18(12)20/h2-4,7-10,34-36,38-39H,5-6H2,1H3. The molecule has 3 aromatic carbocycles. The molecule has 41 heavy (non-hydrogen) atoms. The highest BCUT2D eigenvalue weighted by Gasteiger charge is 2.42. The average Bonchev–Trinajstić information content (AvgIpc) is 2.96. The van der Waals surface area contributed by atoms with Crippen molar-refractivity contribution in [2.45, 2.75) is 19.8 Å². The number of nitrogens with zero attached hydrogens (tertiary/aromatic N) is 3. The molecule has 5 N–H and O–H groups in total. The van der Waals surface area contributed by atoms with E-state index in [0.29, 0.717) is 10.9 Å². The Bertz CT molecular complexity index is 2120. The first-order valence-corrected chi connectivity index (χ1v) is 12.6. The number of aromatic hydroxyl groups is 5. The fourth-order valence-electron chi connectivity index (χ4n) is 5.88. The zero-order valence-corrected chi connectivity index (χ0v) is 21.3. The molecule has 0 fully saturated rings. The van der Waals surface area contributed by atoms with Crippen LogP contribution < -0.4 is 5.56 Å². The van der Waals surface area contributed by atoms with Gasteiger partial charge in [-0.15, -0.1) is 0 Å². The van der Waals surface area contributed by atoms with Gasteiger partial charge in [-0.05, 0) is 49.6 Å². The van der Waals surface area contributed by atoms with Gasteiger partial charge in [-0.2, -0.15) is 9.78 Å². The van der Waals surface area contributed by atoms with Gasteiger partial charge in [0.15, 0.2) is 11.6 Å². The van der Waals surface area contributed by atoms with Crippen LogP contribution in [0.2, 0.25) is 0 Å². The zero-order valence-electron chi connectivity index (χ0n) is 21.3. The molecule has 202 valence electrons. The minimum atomic E-state index is -0.912. The van der Waals surface area contributed by atoms with Crippen molar-refractivity contribution in [3.05, 3.63) is 92.0 Å². The van der Waals surface area contributed by atoms with Gasteiger partial charge in [0.1, 0.15) is 28.7 Å². The number of carbonyl (C=O) groups excluding carboxylic acids is 2. The summed E-state index contributed by atoms with van der Waals surface area (Å²) in [5.74, 6) is -4.37. The molecule has 0 bridgehead atoms. The SMILES string of the molecule is Cc1c(O)cc2c(c1O)C(=O)c1c(O)c3c(c(O)c1C2=O)-c1c(cc2cnn(-c4ccccn4)c(=O)c2c1O)CC3. The van der Waals surface area contributed by atoms with Gasteiger partial charge in [0.25, 0.3) is 5.56 Å². The molecule has 11 nitrogen and oxygen atoms in total. The number of ketones is 2. The van der Waals surface area contributed by atoms with Crippen LogP contribution in [0.5, 0.6) is 28.7 Å². The predicted molar refractivity (Wildman–Crippen MR) is 144 cm³/mol. The van der Waals surface area contributed by atoms with Crippen molar-refractivity contribution in [1.29, 1.82) is 0 Å². The molecule has 0 aliphatic heterocycles. The van der Waals surface area contributed by atoms with Crippen LogP contribution in [-0.4, -0.2) is 51.9 Å². The van der Waals surface area contributed by atoms with Crippen molar-refractivity contribution in [3.8, 4) is 45.7 Å². The molecule has 0 atom stereocenters. The fraction of sp³-hybridized carbons (Fsp3) is 0.100. The highest BCUT2D eigenvalue weighted by Crippen LogP contribution is 2.54. The van der Waals surface area contributed by atoms with Crippen molar-refractivity contribution < 1.29 is 35.1 Å². The Morgan fingerprint density at radius 3 is 2.27 bits per heavy atom. The monoisotopic (exact) mass is 549 g/mol. The van der Waals surface area contributed by atoms with Gasteiger partial charge in [-0.3, -0.25) is 14.4 Å². The van der Waals surface area contributed by atoms with Gasteiger partial charge < -0.3 is 25.5 Å². The summed E-state index contributed by atoms with van der Waals surface area (Å²) in [4.78, 5) is 44.8. The van der Waals surface area contributed by atoms with Gasteiger partial charge in [0, 0.05) is 39.4 Å². The Kier molecular flexibility index (Phi) is 4.84. The molecule has 2 aliphatic rings. The highest BCUT2D eigenvalue weighted by atomic mass is 16.3. The molecule has 0 unspecified atom stereocenters. The Hall–Kier alpha value is -5.71. The number of benzene rings is 3. The van der Waals surface area contributed by atoms with Gasteiger partial charge in [0.2, 0.25) is 5.78 Å². The number of phenols is 5. The second-order valence-electron chi connectivity index (χ2n) is 10.0. The molecule has 2 heterocycles. The lowest BCUT2D eigenvalue weighted by molar-refractivity contribution is 0.0971. The smallest absolute Gasteiger partial charge is 0.284 e. The maximum atomic E-state index is 13.6. The minimum absolute atomic E-state index is 0.0217. The third kappa shape index (κ3) is 3.05. The second kappa shape index (κ2) is 8.15. The van der Waals surface area contributed by atoms with Crippen molar-refractivity contribution >= 4 is 22.3 Å². The fourth-order valence-corrected chi connectivity index (χ4v) is 5.88. The number of phenolic OH excluding ortho intramolecular Hbond substituents is 5. The summed E-state index contributed by atoms with van der Waals surface area (Å²) in [6.07, 6.45) is 3.29. The van der Waals surface area contributed by atoms with Crippen molar-refractivity contribution in [3.63, 3.8) is 0 Å². The third-order valence-electron chi connectivity index (χ3n) is 7.89. The number of hydrogen-bond acceptors (Lipinski definition) is 10. The maximum Gasteiger partial charge on any atom is 0.284 e. The third-order valence-corrected chi connectivity index (χ3v) is 7.89. The summed E-state index contributed by atoms with van der Waals surface area (Å²) in [5, 5.41) is 59.6. The van der Waals surface area contributed by atoms with Crippen LogP contribution in [0.25, 0.3) is 27.7 Å². The first-order chi connectivity index (χ1) is 19.6. The summed E-state index contributed by atoms with van der Waals surface area (Å²) >= 11 is 0. The lowest BCUT2D eigenvalue weighted by Crippen LogP contribution is -2.24. The molecule has 5 aromatic rings. The van der Waals surface area contributed by atoms with E-state index >= 15 is 0 Å². The number of pyridine rings is 1. The summed E-state index contributed by atoms with van der Waals surface area (Å²) < 4.78 is 1.02. The van der Waals surface area contributed by atoms with Crippen LogP contribution in [0, 0.1) is 6.92 Å². The van der Waals surface area contributed by atoms with Crippen LogP contribution in [0.4, 0.5) is 0 Å². The van der Waals surface area contributed by atoms with Gasteiger partial charge in [-0.1, -0.05) is 6.07 Å². The first kappa shape index (κ1) is 24.3. The van der Waals surface area contributed by atoms with Crippen LogP contribution in [0.3, 0.4) is 0 Å². The molecule has 0 saturated heterocycles. The van der Waals surface area contributed by atoms with E-state index < -0.39 is 57.0 Å². The van der Waals surface area contributed by atoms with Crippen molar-refractivity contribution in [2.75, 3.05) is 0 Å². The minimum Gasteiger partial charge on any atom is -0.508 e. The molecule has 7 rings (SSSR count). The number of carbonyl (C=O) groups is 2. The van der Waals surface area contributed by atoms with Crippen molar-refractivity contribution in [1.82, 2.24) is 14.8 Å². The number of hydrogen-bond donors (Lipinski definition) is 5. The van der Waals surface area contributed by atoms with Crippen LogP contribution in [0.15, 0.2) is 47.5 Å². The quantitative estimate of drug-likeness (QED) is 0.191. The van der Waals surface area contributed by atoms with Crippen LogP contribution >= 0.6 is 0 Å². The summed E-state index contributed by atoms with van der Waals surface area (Å²) in [7, 11) is 0. The van der Waals surface area contributed by atoms with Crippen molar-refractivity contribution in [2.24, 2.45) is 0 Å². The number of fused-ring (bicyclic) bond motifs is 6. The van der Waals surface area contributed by atoms with E-state index in [1.807, 2.05) is 0 Å². The first-order valence-electron chi connectivity index (χ1n) is 12.6.